The molecule has 0 amide bonds. The highest BCUT2D eigenvalue weighted by Crippen LogP contribution is 2.08. The van der Waals surface area contributed by atoms with Crippen molar-refractivity contribution in [2.75, 3.05) is 0 Å². The quantitative estimate of drug-likeness (QED) is 0.303. The Hall–Kier alpha value is -0.920. The summed E-state index contributed by atoms with van der Waals surface area (Å²) in [6.45, 7) is 4.13. The molecule has 0 heterocycles. The normalized spacial score (nSPS) is 8.50. The van der Waals surface area contributed by atoms with Crippen molar-refractivity contribution >= 4 is 23.1 Å². The zero-order valence-corrected chi connectivity index (χ0v) is 8.29. The molecule has 0 aliphatic rings. The second kappa shape index (κ2) is 5.70. The largest absolute Gasteiger partial charge is 0.389 e. The van der Waals surface area contributed by atoms with Gasteiger partial charge in [-0.05, 0) is 24.8 Å². The van der Waals surface area contributed by atoms with E-state index in [0.717, 1.165) is 12.8 Å². The third kappa shape index (κ3) is 3.46. The smallest absolute Gasteiger partial charge is 0.113 e. The van der Waals surface area contributed by atoms with E-state index in [2.05, 4.69) is 19.7 Å². The molecule has 0 saturated heterocycles. The Morgan fingerprint density at radius 2 is 2.00 bits per heavy atom. The van der Waals surface area contributed by atoms with Crippen LogP contribution in [0.5, 0.6) is 0 Å². The maximum absolute atomic E-state index is 6.93. The van der Waals surface area contributed by atoms with Crippen molar-refractivity contribution in [2.45, 2.75) is 26.7 Å². The van der Waals surface area contributed by atoms with Crippen LogP contribution in [-0.4, -0.2) is 10.9 Å². The molecule has 0 radical (unpaired) electrons. The zero-order chi connectivity index (χ0) is 9.56. The number of nitrogens with one attached hydrogen (secondary N) is 1. The number of nitrogens with two attached hydrogens (primary N) is 1. The molecule has 3 heteroatoms. The topological polar surface area (TPSA) is 49.9 Å². The number of allylic oxidation sites excluding steroid dienone is 1. The van der Waals surface area contributed by atoms with Crippen LogP contribution in [0.1, 0.15) is 26.7 Å². The molecular weight excluding hydrogens is 168 g/mol. The van der Waals surface area contributed by atoms with Crippen LogP contribution >= 0.6 is 12.2 Å². The van der Waals surface area contributed by atoms with Crippen molar-refractivity contribution < 1.29 is 0 Å². The Morgan fingerprint density at radius 3 is 2.25 bits per heavy atom. The molecule has 0 bridgehead atoms. The van der Waals surface area contributed by atoms with Gasteiger partial charge in [0.05, 0.1) is 5.57 Å². The Balaban J connectivity index is 4.68. The Bertz CT molecular complexity index is 241. The molecule has 0 fully saturated rings. The monoisotopic (exact) mass is 182 g/mol. The molecule has 12 heavy (non-hydrogen) atoms. The van der Waals surface area contributed by atoms with E-state index in [4.69, 9.17) is 23.4 Å². The van der Waals surface area contributed by atoms with Crippen LogP contribution < -0.4 is 5.73 Å². The molecule has 0 spiro atoms. The van der Waals surface area contributed by atoms with Crippen molar-refractivity contribution in [3.05, 3.63) is 17.2 Å². The highest BCUT2D eigenvalue weighted by molar-refractivity contribution is 7.80. The maximum Gasteiger partial charge on any atom is 0.113 e. The van der Waals surface area contributed by atoms with Crippen LogP contribution in [0.15, 0.2) is 17.2 Å². The highest BCUT2D eigenvalue weighted by Gasteiger charge is 1.97. The molecular formula is C9H14N2S. The van der Waals surface area contributed by atoms with Gasteiger partial charge < -0.3 is 5.73 Å². The molecule has 0 atom stereocenters. The first kappa shape index (κ1) is 11.1. The van der Waals surface area contributed by atoms with Crippen molar-refractivity contribution in [3.63, 3.8) is 0 Å². The fourth-order valence-corrected chi connectivity index (χ4v) is 0.937. The minimum absolute atomic E-state index is 0.240. The minimum atomic E-state index is 0.240. The average molecular weight is 182 g/mol. The van der Waals surface area contributed by atoms with Crippen LogP contribution in [0.25, 0.3) is 0 Å². The third-order valence-electron chi connectivity index (χ3n) is 1.66. The van der Waals surface area contributed by atoms with Gasteiger partial charge in [0.15, 0.2) is 0 Å². The summed E-state index contributed by atoms with van der Waals surface area (Å²) in [5.41, 5.74) is 7.12. The SMILES string of the molecule is CCC(=CC(=C=N)C(N)=S)CC. The van der Waals surface area contributed by atoms with Crippen molar-refractivity contribution in [1.29, 1.82) is 5.41 Å². The Labute approximate surface area is 78.7 Å². The molecule has 0 aromatic carbocycles. The van der Waals surface area contributed by atoms with Crippen LogP contribution in [-0.2, 0) is 0 Å². The second-order valence-corrected chi connectivity index (χ2v) is 2.85. The van der Waals surface area contributed by atoms with Gasteiger partial charge in [0, 0.05) is 0 Å². The lowest BCUT2D eigenvalue weighted by Crippen LogP contribution is -2.10. The van der Waals surface area contributed by atoms with E-state index in [1.165, 1.54) is 5.57 Å². The van der Waals surface area contributed by atoms with Gasteiger partial charge in [-0.3, -0.25) is 5.41 Å². The zero-order valence-electron chi connectivity index (χ0n) is 7.48. The van der Waals surface area contributed by atoms with Crippen molar-refractivity contribution in [1.82, 2.24) is 0 Å². The molecule has 0 unspecified atom stereocenters. The summed E-state index contributed by atoms with van der Waals surface area (Å²) < 4.78 is 0. The molecule has 66 valence electrons. The first-order chi connectivity index (χ1) is 5.65. The molecule has 2 nitrogen and oxygen atoms in total. The fraction of sp³-hybridized carbons (Fsp3) is 0.444. The summed E-state index contributed by atoms with van der Waals surface area (Å²) >= 11 is 4.74. The van der Waals surface area contributed by atoms with Crippen LogP contribution in [0.3, 0.4) is 0 Å². The number of rotatable bonds is 4. The lowest BCUT2D eigenvalue weighted by Gasteiger charge is -2.00. The van der Waals surface area contributed by atoms with E-state index in [1.54, 1.807) is 0 Å². The van der Waals surface area contributed by atoms with Gasteiger partial charge in [0.1, 0.15) is 4.99 Å². The van der Waals surface area contributed by atoms with Crippen molar-refractivity contribution in [2.24, 2.45) is 5.73 Å². The van der Waals surface area contributed by atoms with E-state index in [9.17, 15) is 0 Å². The number of hydrogen-bond acceptors (Lipinski definition) is 2. The summed E-state index contributed by atoms with van der Waals surface area (Å²) in [7, 11) is 0. The fourth-order valence-electron chi connectivity index (χ4n) is 0.827. The molecule has 0 aliphatic heterocycles. The predicted molar refractivity (Wildman–Crippen MR) is 56.7 cm³/mol. The van der Waals surface area contributed by atoms with E-state index in [1.807, 2.05) is 6.08 Å². The lowest BCUT2D eigenvalue weighted by molar-refractivity contribution is 0.977. The number of hydrogen-bond donors (Lipinski definition) is 2. The van der Waals surface area contributed by atoms with Gasteiger partial charge in [0.2, 0.25) is 0 Å². The van der Waals surface area contributed by atoms with Crippen LogP contribution in [0, 0.1) is 5.41 Å². The Morgan fingerprint density at radius 1 is 1.50 bits per heavy atom. The van der Waals surface area contributed by atoms with Gasteiger partial charge in [-0.25, -0.2) is 0 Å². The Kier molecular flexibility index (Phi) is 5.26. The number of thiocarbonyl (C=S) groups is 1. The van der Waals surface area contributed by atoms with E-state index in [0.29, 0.717) is 5.57 Å². The highest BCUT2D eigenvalue weighted by atomic mass is 32.1. The standard InChI is InChI=1S/C9H14N2S/c1-3-7(4-2)5-8(6-10)9(11)12/h5,10H,3-4H2,1-2H3,(H2,11,12). The van der Waals surface area contributed by atoms with Gasteiger partial charge in [-0.1, -0.05) is 31.6 Å². The summed E-state index contributed by atoms with van der Waals surface area (Å²) in [6, 6.07) is 0. The second-order valence-electron chi connectivity index (χ2n) is 2.41. The molecule has 3 N–H and O–H groups in total. The van der Waals surface area contributed by atoms with Crippen molar-refractivity contribution in [3.8, 4) is 0 Å². The third-order valence-corrected chi connectivity index (χ3v) is 1.88. The minimum Gasteiger partial charge on any atom is -0.389 e. The first-order valence-corrected chi connectivity index (χ1v) is 4.35. The molecule has 0 aromatic rings. The predicted octanol–water partition coefficient (Wildman–Crippen LogP) is 2.19. The maximum atomic E-state index is 6.93. The lowest BCUT2D eigenvalue weighted by atomic mass is 10.1. The average Bonchev–Trinajstić information content (AvgIpc) is 2.06. The summed E-state index contributed by atoms with van der Waals surface area (Å²) in [5.74, 6) is 2.22. The van der Waals surface area contributed by atoms with Crippen LogP contribution in [0.4, 0.5) is 0 Å². The molecule has 0 aliphatic carbocycles. The molecule has 0 saturated carbocycles. The summed E-state index contributed by atoms with van der Waals surface area (Å²) in [6.07, 6.45) is 3.77. The van der Waals surface area contributed by atoms with Gasteiger partial charge in [0.25, 0.3) is 0 Å². The molecule has 0 aromatic heterocycles. The van der Waals surface area contributed by atoms with Crippen LogP contribution in [0.2, 0.25) is 0 Å². The summed E-state index contributed by atoms with van der Waals surface area (Å²) in [4.78, 5) is 0.240. The summed E-state index contributed by atoms with van der Waals surface area (Å²) in [5, 5.41) is 6.93. The van der Waals surface area contributed by atoms with Gasteiger partial charge in [-0.15, -0.1) is 0 Å². The van der Waals surface area contributed by atoms with Gasteiger partial charge >= 0.3 is 0 Å². The van der Waals surface area contributed by atoms with E-state index >= 15 is 0 Å². The first-order valence-electron chi connectivity index (χ1n) is 3.94. The van der Waals surface area contributed by atoms with E-state index < -0.39 is 0 Å². The molecule has 0 rings (SSSR count). The van der Waals surface area contributed by atoms with Gasteiger partial charge in [-0.2, -0.15) is 0 Å². The van der Waals surface area contributed by atoms with E-state index in [-0.39, 0.29) is 4.99 Å².